The number of rotatable bonds is 4. The average molecular weight is 398 g/mol. The van der Waals surface area contributed by atoms with E-state index in [2.05, 4.69) is 25.9 Å². The minimum absolute atomic E-state index is 0.180. The molecule has 0 atom stereocenters. The average Bonchev–Trinajstić information content (AvgIpc) is 2.96. The van der Waals surface area contributed by atoms with Crippen molar-refractivity contribution in [2.45, 2.75) is 78.0 Å². The van der Waals surface area contributed by atoms with Gasteiger partial charge in [0, 0.05) is 31.4 Å². The number of pyridine rings is 1. The number of carbonyl (C=O) groups excluding carboxylic acids is 1. The zero-order chi connectivity index (χ0) is 20.4. The van der Waals surface area contributed by atoms with E-state index in [4.69, 9.17) is 5.10 Å². The van der Waals surface area contributed by atoms with Crippen molar-refractivity contribution in [1.29, 1.82) is 0 Å². The Balaban J connectivity index is 1.42. The smallest absolute Gasteiger partial charge is 0.261 e. The van der Waals surface area contributed by atoms with Gasteiger partial charge in [-0.05, 0) is 50.8 Å². The van der Waals surface area contributed by atoms with Gasteiger partial charge in [0.25, 0.3) is 11.5 Å². The third kappa shape index (κ3) is 4.45. The first-order valence-electron chi connectivity index (χ1n) is 10.8. The summed E-state index contributed by atoms with van der Waals surface area (Å²) in [4.78, 5) is 30.0. The fraction of sp³-hybridized carbons (Fsp3) is 0.591. The second-order valence-corrected chi connectivity index (χ2v) is 8.49. The van der Waals surface area contributed by atoms with Crippen LogP contribution in [0.1, 0.15) is 71.5 Å². The largest absolute Gasteiger partial charge is 0.346 e. The lowest BCUT2D eigenvalue weighted by Gasteiger charge is -2.33. The van der Waals surface area contributed by atoms with Gasteiger partial charge in [-0.2, -0.15) is 5.10 Å². The standard InChI is InChI=1S/C22H31N5O2/c1-15-11-16(2)24-22(29)20(15)21(28)23-13-17-12-19-14-26(9-6-10-27(19)25-17)18-7-4-3-5-8-18/h11-12,18H,3-10,13-14H2,1-2H3,(H,23,28)(H,24,29). The molecule has 0 radical (unpaired) electrons. The number of hydrogen-bond acceptors (Lipinski definition) is 4. The molecule has 2 N–H and O–H groups in total. The Morgan fingerprint density at radius 3 is 2.72 bits per heavy atom. The molecule has 2 aromatic heterocycles. The third-order valence-corrected chi connectivity index (χ3v) is 6.21. The third-order valence-electron chi connectivity index (χ3n) is 6.21. The monoisotopic (exact) mass is 397 g/mol. The molecule has 0 spiro atoms. The Labute approximate surface area is 171 Å². The Morgan fingerprint density at radius 1 is 1.17 bits per heavy atom. The number of aromatic amines is 1. The molecule has 1 aliphatic heterocycles. The number of carbonyl (C=O) groups is 1. The maximum Gasteiger partial charge on any atom is 0.261 e. The molecule has 0 unspecified atom stereocenters. The quantitative estimate of drug-likeness (QED) is 0.831. The lowest BCUT2D eigenvalue weighted by Crippen LogP contribution is -2.36. The molecule has 0 bridgehead atoms. The Hall–Kier alpha value is -2.41. The van der Waals surface area contributed by atoms with E-state index >= 15 is 0 Å². The summed E-state index contributed by atoms with van der Waals surface area (Å²) in [5.74, 6) is -0.351. The van der Waals surface area contributed by atoms with Gasteiger partial charge in [0.15, 0.2) is 0 Å². The molecule has 1 amide bonds. The second kappa shape index (κ2) is 8.53. The highest BCUT2D eigenvalue weighted by molar-refractivity contribution is 5.95. The SMILES string of the molecule is Cc1cc(C)c(C(=O)NCc2cc3n(n2)CCCN(C2CCCCC2)C3)c(=O)[nH]1. The van der Waals surface area contributed by atoms with Crippen molar-refractivity contribution in [3.63, 3.8) is 0 Å². The number of aromatic nitrogens is 3. The molecule has 7 nitrogen and oxygen atoms in total. The van der Waals surface area contributed by atoms with Gasteiger partial charge in [-0.15, -0.1) is 0 Å². The lowest BCUT2D eigenvalue weighted by atomic mass is 9.94. The summed E-state index contributed by atoms with van der Waals surface area (Å²) in [6, 6.07) is 4.62. The molecule has 156 valence electrons. The molecule has 29 heavy (non-hydrogen) atoms. The second-order valence-electron chi connectivity index (χ2n) is 8.49. The van der Waals surface area contributed by atoms with E-state index in [9.17, 15) is 9.59 Å². The zero-order valence-corrected chi connectivity index (χ0v) is 17.5. The van der Waals surface area contributed by atoms with Crippen molar-refractivity contribution >= 4 is 5.91 Å². The first kappa shape index (κ1) is 19.9. The number of aryl methyl sites for hydroxylation is 3. The Kier molecular flexibility index (Phi) is 5.85. The van der Waals surface area contributed by atoms with Gasteiger partial charge in [-0.3, -0.25) is 19.2 Å². The van der Waals surface area contributed by atoms with Crippen molar-refractivity contribution < 1.29 is 4.79 Å². The Morgan fingerprint density at radius 2 is 1.97 bits per heavy atom. The topological polar surface area (TPSA) is 83.0 Å². The molecule has 3 heterocycles. The summed E-state index contributed by atoms with van der Waals surface area (Å²) in [6.45, 7) is 6.91. The molecule has 1 aliphatic carbocycles. The molecule has 2 aromatic rings. The van der Waals surface area contributed by atoms with Crippen LogP contribution in [0, 0.1) is 13.8 Å². The van der Waals surface area contributed by atoms with E-state index < -0.39 is 0 Å². The summed E-state index contributed by atoms with van der Waals surface area (Å²) < 4.78 is 2.09. The van der Waals surface area contributed by atoms with E-state index in [-0.39, 0.29) is 17.0 Å². The van der Waals surface area contributed by atoms with Crippen LogP contribution in [-0.2, 0) is 19.6 Å². The number of nitrogens with zero attached hydrogens (tertiary/aromatic N) is 3. The summed E-state index contributed by atoms with van der Waals surface area (Å²) in [5, 5.41) is 7.57. The molecule has 0 aromatic carbocycles. The molecule has 0 saturated heterocycles. The maximum absolute atomic E-state index is 12.6. The fourth-order valence-corrected chi connectivity index (χ4v) is 4.79. The molecular formula is C22H31N5O2. The van der Waals surface area contributed by atoms with E-state index in [1.807, 2.05) is 13.0 Å². The number of nitrogens with one attached hydrogen (secondary N) is 2. The van der Waals surface area contributed by atoms with Gasteiger partial charge in [-0.25, -0.2) is 0 Å². The van der Waals surface area contributed by atoms with Gasteiger partial charge >= 0.3 is 0 Å². The molecular weight excluding hydrogens is 366 g/mol. The first-order chi connectivity index (χ1) is 14.0. The Bertz CT molecular complexity index is 939. The van der Waals surface area contributed by atoms with Crippen molar-refractivity contribution in [2.24, 2.45) is 0 Å². The van der Waals surface area contributed by atoms with Crippen molar-refractivity contribution in [2.75, 3.05) is 6.54 Å². The number of H-pyrrole nitrogens is 1. The minimum atomic E-state index is -0.351. The predicted octanol–water partition coefficient (Wildman–Crippen LogP) is 2.66. The van der Waals surface area contributed by atoms with Crippen LogP contribution < -0.4 is 10.9 Å². The van der Waals surface area contributed by atoms with Crippen LogP contribution in [0.3, 0.4) is 0 Å². The highest BCUT2D eigenvalue weighted by atomic mass is 16.2. The zero-order valence-electron chi connectivity index (χ0n) is 17.5. The molecule has 4 rings (SSSR count). The molecule has 1 fully saturated rings. The van der Waals surface area contributed by atoms with Crippen LogP contribution >= 0.6 is 0 Å². The molecule has 1 saturated carbocycles. The van der Waals surface area contributed by atoms with Gasteiger partial charge in [0.1, 0.15) is 5.56 Å². The number of fused-ring (bicyclic) bond motifs is 1. The van der Waals surface area contributed by atoms with Crippen LogP contribution in [0.25, 0.3) is 0 Å². The summed E-state index contributed by atoms with van der Waals surface area (Å²) in [6.07, 6.45) is 7.78. The fourth-order valence-electron chi connectivity index (χ4n) is 4.79. The van der Waals surface area contributed by atoms with Crippen LogP contribution in [0.5, 0.6) is 0 Å². The minimum Gasteiger partial charge on any atom is -0.346 e. The van der Waals surface area contributed by atoms with E-state index in [1.54, 1.807) is 6.92 Å². The van der Waals surface area contributed by atoms with Gasteiger partial charge in [0.05, 0.1) is 17.9 Å². The summed E-state index contributed by atoms with van der Waals surface area (Å²) in [7, 11) is 0. The first-order valence-corrected chi connectivity index (χ1v) is 10.8. The van der Waals surface area contributed by atoms with Gasteiger partial charge < -0.3 is 10.3 Å². The highest BCUT2D eigenvalue weighted by Gasteiger charge is 2.25. The van der Waals surface area contributed by atoms with Crippen LogP contribution in [0.15, 0.2) is 16.9 Å². The summed E-state index contributed by atoms with van der Waals surface area (Å²) >= 11 is 0. The molecule has 2 aliphatic rings. The van der Waals surface area contributed by atoms with Crippen LogP contribution in [-0.4, -0.2) is 38.2 Å². The number of hydrogen-bond donors (Lipinski definition) is 2. The van der Waals surface area contributed by atoms with Crippen molar-refractivity contribution in [3.8, 4) is 0 Å². The predicted molar refractivity (Wildman–Crippen MR) is 112 cm³/mol. The summed E-state index contributed by atoms with van der Waals surface area (Å²) in [5.41, 5.74) is 3.35. The van der Waals surface area contributed by atoms with Gasteiger partial charge in [0.2, 0.25) is 0 Å². The van der Waals surface area contributed by atoms with E-state index in [0.717, 1.165) is 37.4 Å². The van der Waals surface area contributed by atoms with E-state index in [0.29, 0.717) is 18.2 Å². The highest BCUT2D eigenvalue weighted by Crippen LogP contribution is 2.26. The van der Waals surface area contributed by atoms with Crippen molar-refractivity contribution in [1.82, 2.24) is 25.0 Å². The van der Waals surface area contributed by atoms with Crippen LogP contribution in [0.2, 0.25) is 0 Å². The van der Waals surface area contributed by atoms with Crippen LogP contribution in [0.4, 0.5) is 0 Å². The maximum atomic E-state index is 12.6. The van der Waals surface area contributed by atoms with E-state index in [1.165, 1.54) is 37.8 Å². The van der Waals surface area contributed by atoms with Crippen molar-refractivity contribution in [3.05, 3.63) is 50.7 Å². The normalized spacial score (nSPS) is 18.3. The lowest BCUT2D eigenvalue weighted by molar-refractivity contribution is 0.0948. The number of amides is 1. The molecule has 7 heteroatoms. The van der Waals surface area contributed by atoms with Gasteiger partial charge in [-0.1, -0.05) is 19.3 Å².